The fourth-order valence-corrected chi connectivity index (χ4v) is 1.85. The summed E-state index contributed by atoms with van der Waals surface area (Å²) in [6.07, 6.45) is 3.81. The molecule has 0 unspecified atom stereocenters. The molecule has 5 N–H and O–H groups in total. The van der Waals surface area contributed by atoms with Gasteiger partial charge in [-0.25, -0.2) is 15.0 Å². The second kappa shape index (κ2) is 5.47. The maximum Gasteiger partial charge on any atom is 0.165 e. The molecule has 0 radical (unpaired) electrons. The van der Waals surface area contributed by atoms with Crippen LogP contribution in [0, 0.1) is 0 Å². The lowest BCUT2D eigenvalue weighted by Crippen LogP contribution is -2.37. The second-order valence-corrected chi connectivity index (χ2v) is 4.51. The maximum absolute atomic E-state index is 9.74. The van der Waals surface area contributed by atoms with E-state index in [-0.39, 0.29) is 6.42 Å². The molecule has 0 spiro atoms. The molecule has 104 valence electrons. The van der Waals surface area contributed by atoms with Gasteiger partial charge in [-0.3, -0.25) is 0 Å². The Morgan fingerprint density at radius 1 is 1.21 bits per heavy atom. The number of nitrogens with two attached hydrogens (primary N) is 1. The minimum Gasteiger partial charge on any atom is -0.393 e. The number of rotatable bonds is 6. The summed E-state index contributed by atoms with van der Waals surface area (Å²) < 4.78 is 1.79. The van der Waals surface area contributed by atoms with Gasteiger partial charge in [-0.05, 0) is 12.8 Å². The summed E-state index contributed by atoms with van der Waals surface area (Å²) in [6, 6.07) is 0. The molecule has 0 aliphatic carbocycles. The zero-order chi connectivity index (χ0) is 13.9. The summed E-state index contributed by atoms with van der Waals surface area (Å²) in [4.78, 5) is 12.1. The highest BCUT2D eigenvalue weighted by molar-refractivity contribution is 5.80. The van der Waals surface area contributed by atoms with Gasteiger partial charge >= 0.3 is 0 Å². The number of aryl methyl sites for hydroxylation is 1. The number of aromatic nitrogens is 4. The first-order valence-corrected chi connectivity index (χ1v) is 5.95. The van der Waals surface area contributed by atoms with Gasteiger partial charge < -0.3 is 25.6 Å². The third kappa shape index (κ3) is 2.80. The van der Waals surface area contributed by atoms with Gasteiger partial charge in [-0.15, -0.1) is 0 Å². The highest BCUT2D eigenvalue weighted by Gasteiger charge is 2.24. The third-order valence-corrected chi connectivity index (χ3v) is 3.06. The lowest BCUT2D eigenvalue weighted by Gasteiger charge is -2.22. The van der Waals surface area contributed by atoms with E-state index in [0.717, 1.165) is 0 Å². The first-order valence-electron chi connectivity index (χ1n) is 5.95. The van der Waals surface area contributed by atoms with Crippen molar-refractivity contribution in [1.29, 1.82) is 0 Å². The fraction of sp³-hybridized carbons (Fsp3) is 0.545. The van der Waals surface area contributed by atoms with Gasteiger partial charge in [-0.1, -0.05) is 0 Å². The Morgan fingerprint density at radius 2 is 1.95 bits per heavy atom. The number of imidazole rings is 1. The van der Waals surface area contributed by atoms with E-state index in [0.29, 0.717) is 29.9 Å². The molecule has 2 aromatic heterocycles. The molecule has 2 aromatic rings. The van der Waals surface area contributed by atoms with E-state index in [9.17, 15) is 5.11 Å². The van der Waals surface area contributed by atoms with Gasteiger partial charge in [0, 0.05) is 6.54 Å². The maximum atomic E-state index is 9.74. The molecule has 0 bridgehead atoms. The Labute approximate surface area is 109 Å². The molecule has 8 nitrogen and oxygen atoms in total. The molecule has 2 rings (SSSR count). The lowest BCUT2D eigenvalue weighted by atomic mass is 10.00. The van der Waals surface area contributed by atoms with Crippen molar-refractivity contribution >= 4 is 17.0 Å². The highest BCUT2D eigenvalue weighted by Crippen LogP contribution is 2.17. The van der Waals surface area contributed by atoms with Crippen LogP contribution in [0.25, 0.3) is 11.2 Å². The molecule has 0 saturated carbocycles. The smallest absolute Gasteiger partial charge is 0.165 e. The van der Waals surface area contributed by atoms with Crippen molar-refractivity contribution in [3.8, 4) is 0 Å². The number of aliphatic hydroxyl groups excluding tert-OH is 2. The van der Waals surface area contributed by atoms with Crippen LogP contribution in [0.4, 0.5) is 5.82 Å². The molecule has 0 atom stereocenters. The van der Waals surface area contributed by atoms with Crippen molar-refractivity contribution in [3.05, 3.63) is 12.7 Å². The van der Waals surface area contributed by atoms with E-state index >= 15 is 0 Å². The average Bonchev–Trinajstić information content (AvgIpc) is 2.83. The van der Waals surface area contributed by atoms with Gasteiger partial charge in [-0.2, -0.15) is 0 Å². The number of hydrogen-bond donors (Lipinski definition) is 4. The summed E-state index contributed by atoms with van der Waals surface area (Å²) in [5.41, 5.74) is 5.41. The molecule has 0 fully saturated rings. The topological polar surface area (TPSA) is 130 Å². The van der Waals surface area contributed by atoms with Crippen molar-refractivity contribution < 1.29 is 15.3 Å². The molecule has 19 heavy (non-hydrogen) atoms. The van der Waals surface area contributed by atoms with Crippen LogP contribution in [0.5, 0.6) is 0 Å². The zero-order valence-corrected chi connectivity index (χ0v) is 10.4. The second-order valence-electron chi connectivity index (χ2n) is 4.51. The van der Waals surface area contributed by atoms with E-state index in [2.05, 4.69) is 15.0 Å². The first-order chi connectivity index (χ1) is 9.09. The Bertz CT molecular complexity index is 552. The number of aliphatic hydroxyl groups is 3. The lowest BCUT2D eigenvalue weighted by molar-refractivity contribution is -0.0618. The number of nitrogen functional groups attached to an aromatic ring is 1. The normalized spacial score (nSPS) is 12.2. The number of hydrogen-bond acceptors (Lipinski definition) is 7. The van der Waals surface area contributed by atoms with Crippen molar-refractivity contribution in [3.63, 3.8) is 0 Å². The molecule has 0 aliphatic rings. The van der Waals surface area contributed by atoms with Crippen LogP contribution in [0.15, 0.2) is 12.7 Å². The molecule has 0 aliphatic heterocycles. The molecular formula is C11H17N5O3. The summed E-state index contributed by atoms with van der Waals surface area (Å²) in [5.74, 6) is 0.325. The monoisotopic (exact) mass is 267 g/mol. The van der Waals surface area contributed by atoms with Crippen LogP contribution in [-0.2, 0) is 6.54 Å². The molecule has 0 saturated heterocycles. The van der Waals surface area contributed by atoms with Crippen molar-refractivity contribution in [2.24, 2.45) is 0 Å². The van der Waals surface area contributed by atoms with Gasteiger partial charge in [0.05, 0.1) is 19.5 Å². The fourth-order valence-electron chi connectivity index (χ4n) is 1.85. The van der Waals surface area contributed by atoms with Crippen molar-refractivity contribution in [2.45, 2.75) is 25.0 Å². The van der Waals surface area contributed by atoms with Crippen LogP contribution in [-0.4, -0.2) is 53.7 Å². The quantitative estimate of drug-likeness (QED) is 0.522. The van der Waals surface area contributed by atoms with Crippen LogP contribution >= 0.6 is 0 Å². The molecule has 2 heterocycles. The predicted octanol–water partition coefficient (Wildman–Crippen LogP) is -1.10. The van der Waals surface area contributed by atoms with Crippen LogP contribution in [0.3, 0.4) is 0 Å². The summed E-state index contributed by atoms with van der Waals surface area (Å²) >= 11 is 0. The number of fused-ring (bicyclic) bond motifs is 1. The third-order valence-electron chi connectivity index (χ3n) is 3.06. The van der Waals surface area contributed by atoms with Crippen molar-refractivity contribution in [2.75, 3.05) is 18.9 Å². The van der Waals surface area contributed by atoms with Crippen LogP contribution in [0.2, 0.25) is 0 Å². The molecule has 8 heteroatoms. The van der Waals surface area contributed by atoms with Gasteiger partial charge in [0.2, 0.25) is 0 Å². The summed E-state index contributed by atoms with van der Waals surface area (Å²) in [6.45, 7) is -0.387. The van der Waals surface area contributed by atoms with Gasteiger partial charge in [0.15, 0.2) is 11.5 Å². The van der Waals surface area contributed by atoms with Crippen LogP contribution in [0.1, 0.15) is 12.8 Å². The van der Waals surface area contributed by atoms with Crippen molar-refractivity contribution in [1.82, 2.24) is 19.5 Å². The SMILES string of the molecule is Nc1ncnc2c1ncn2CCCC(O)(CO)CO. The summed E-state index contributed by atoms with van der Waals surface area (Å²) in [7, 11) is 0. The Kier molecular flexibility index (Phi) is 3.93. The summed E-state index contributed by atoms with van der Waals surface area (Å²) in [5, 5.41) is 27.7. The zero-order valence-electron chi connectivity index (χ0n) is 10.4. The first kappa shape index (κ1) is 13.7. The van der Waals surface area contributed by atoms with E-state index in [1.54, 1.807) is 10.9 Å². The Hall–Kier alpha value is -1.77. The van der Waals surface area contributed by atoms with E-state index < -0.39 is 18.8 Å². The number of anilines is 1. The predicted molar refractivity (Wildman–Crippen MR) is 68.1 cm³/mol. The minimum absolute atomic E-state index is 0.278. The Morgan fingerprint density at radius 3 is 2.63 bits per heavy atom. The average molecular weight is 267 g/mol. The van der Waals surface area contributed by atoms with E-state index in [1.165, 1.54) is 6.33 Å². The Balaban J connectivity index is 2.05. The molecule has 0 amide bonds. The largest absolute Gasteiger partial charge is 0.393 e. The molecule has 0 aromatic carbocycles. The standard InChI is InChI=1S/C11H17N5O3/c12-9-8-10(14-6-13-9)16(7-15-8)3-1-2-11(19,4-17)5-18/h6-7,17-19H,1-5H2,(H2,12,13,14). The minimum atomic E-state index is -1.44. The van der Waals surface area contributed by atoms with E-state index in [4.69, 9.17) is 15.9 Å². The van der Waals surface area contributed by atoms with Crippen LogP contribution < -0.4 is 5.73 Å². The van der Waals surface area contributed by atoms with Gasteiger partial charge in [0.25, 0.3) is 0 Å². The molecular weight excluding hydrogens is 250 g/mol. The number of nitrogens with zero attached hydrogens (tertiary/aromatic N) is 4. The highest BCUT2D eigenvalue weighted by atomic mass is 16.4. The van der Waals surface area contributed by atoms with Gasteiger partial charge in [0.1, 0.15) is 17.4 Å². The van der Waals surface area contributed by atoms with E-state index in [1.807, 2.05) is 0 Å².